The van der Waals surface area contributed by atoms with E-state index in [1.54, 1.807) is 27.8 Å². The molecule has 31 heavy (non-hydrogen) atoms. The number of nitrogens with one attached hydrogen (secondary N) is 1. The number of ether oxygens (including phenoxy) is 1. The van der Waals surface area contributed by atoms with Gasteiger partial charge in [-0.2, -0.15) is 0 Å². The molecule has 13 heteroatoms. The number of aliphatic hydroxyl groups is 3. The van der Waals surface area contributed by atoms with Crippen molar-refractivity contribution in [3.63, 3.8) is 0 Å². The van der Waals surface area contributed by atoms with E-state index in [0.717, 1.165) is 0 Å². The average molecular weight is 459 g/mol. The van der Waals surface area contributed by atoms with Gasteiger partial charge in [-0.05, 0) is 27.2 Å². The summed E-state index contributed by atoms with van der Waals surface area (Å²) in [5, 5.41) is 32.4. The van der Waals surface area contributed by atoms with Gasteiger partial charge < -0.3 is 34.8 Å². The summed E-state index contributed by atoms with van der Waals surface area (Å²) in [4.78, 5) is 22.8. The van der Waals surface area contributed by atoms with Crippen molar-refractivity contribution in [3.8, 4) is 0 Å². The van der Waals surface area contributed by atoms with Crippen LogP contribution in [0.5, 0.6) is 0 Å². The maximum absolute atomic E-state index is 12.6. The highest BCUT2D eigenvalue weighted by molar-refractivity contribution is 7.54. The van der Waals surface area contributed by atoms with Gasteiger partial charge in [-0.3, -0.25) is 9.13 Å². The van der Waals surface area contributed by atoms with Gasteiger partial charge in [0.1, 0.15) is 24.1 Å². The first-order chi connectivity index (χ1) is 14.3. The van der Waals surface area contributed by atoms with Gasteiger partial charge in [0.15, 0.2) is 23.0 Å². The minimum atomic E-state index is -4.40. The first-order valence-electron chi connectivity index (χ1n) is 9.96. The van der Waals surface area contributed by atoms with Crippen molar-refractivity contribution in [3.05, 3.63) is 12.7 Å². The molecule has 12 nitrogen and oxygen atoms in total. The van der Waals surface area contributed by atoms with Gasteiger partial charge in [0.05, 0.1) is 18.0 Å². The fraction of sp³-hybridized carbons (Fsp3) is 0.722. The summed E-state index contributed by atoms with van der Waals surface area (Å²) >= 11 is 0. The molecule has 1 aliphatic heterocycles. The summed E-state index contributed by atoms with van der Waals surface area (Å²) in [6.45, 7) is 5.91. The Labute approximate surface area is 179 Å². The summed E-state index contributed by atoms with van der Waals surface area (Å²) in [7, 11) is -2.70. The molecule has 0 bridgehead atoms. The molecule has 0 aromatic carbocycles. The van der Waals surface area contributed by atoms with Crippen molar-refractivity contribution in [1.29, 1.82) is 0 Å². The Morgan fingerprint density at radius 3 is 2.55 bits per heavy atom. The van der Waals surface area contributed by atoms with Crippen LogP contribution in [0.3, 0.4) is 0 Å². The van der Waals surface area contributed by atoms with E-state index in [2.05, 4.69) is 20.3 Å². The molecule has 1 saturated heterocycles. The van der Waals surface area contributed by atoms with Crippen LogP contribution in [-0.4, -0.2) is 76.0 Å². The van der Waals surface area contributed by atoms with Crippen LogP contribution in [0.4, 0.5) is 5.82 Å². The molecule has 2 aromatic rings. The van der Waals surface area contributed by atoms with Crippen LogP contribution in [0.2, 0.25) is 0 Å². The Kier molecular flexibility index (Phi) is 6.47. The molecule has 0 amide bonds. The monoisotopic (exact) mass is 459 g/mol. The summed E-state index contributed by atoms with van der Waals surface area (Å²) in [6, 6.07) is 0. The predicted octanol–water partition coefficient (Wildman–Crippen LogP) is 0.976. The van der Waals surface area contributed by atoms with E-state index < -0.39 is 43.1 Å². The molecule has 5 N–H and O–H groups in total. The van der Waals surface area contributed by atoms with Crippen LogP contribution in [0.25, 0.3) is 11.2 Å². The number of aromatic nitrogens is 4. The highest BCUT2D eigenvalue weighted by atomic mass is 31.2. The van der Waals surface area contributed by atoms with E-state index in [1.807, 2.05) is 0 Å². The molecule has 0 saturated carbocycles. The van der Waals surface area contributed by atoms with Crippen LogP contribution >= 0.6 is 7.60 Å². The Hall–Kier alpha value is -1.66. The lowest BCUT2D eigenvalue weighted by Crippen LogP contribution is -2.38. The third-order valence-corrected chi connectivity index (χ3v) is 7.82. The van der Waals surface area contributed by atoms with Gasteiger partial charge in [0.25, 0.3) is 0 Å². The Morgan fingerprint density at radius 1 is 1.26 bits per heavy atom. The SMILES string of the molecule is CCC(C)(O)P(=O)(O)OC(C)(C)C[C@H]1O[C@@H](n2cnc3c(NC)ncnc32)[C@H](O)[C@@H]1O. The van der Waals surface area contributed by atoms with E-state index in [-0.39, 0.29) is 12.8 Å². The van der Waals surface area contributed by atoms with Crippen molar-refractivity contribution in [2.75, 3.05) is 12.4 Å². The lowest BCUT2D eigenvalue weighted by Gasteiger charge is -2.35. The van der Waals surface area contributed by atoms with Gasteiger partial charge >= 0.3 is 7.60 Å². The smallest absolute Gasteiger partial charge is 0.359 e. The number of fused-ring (bicyclic) bond motifs is 1. The van der Waals surface area contributed by atoms with Crippen LogP contribution in [0.15, 0.2) is 12.7 Å². The standard InChI is InChI=1S/C18H30N5O7P/c1-6-18(4,26)31(27,28)30-17(2,3)7-10-12(24)13(25)16(29-10)23-9-22-11-14(19-5)20-8-21-15(11)23/h8-10,12-13,16,24-26H,6-7H2,1-5H3,(H,27,28)(H,19,20,21)/t10-,12-,13-,16-,18?/m1/s1. The number of imidazole rings is 1. The molecule has 174 valence electrons. The summed E-state index contributed by atoms with van der Waals surface area (Å²) in [5.41, 5.74) is -0.363. The van der Waals surface area contributed by atoms with Crippen LogP contribution in [-0.2, 0) is 13.8 Å². The minimum Gasteiger partial charge on any atom is -0.388 e. The zero-order valence-electron chi connectivity index (χ0n) is 18.1. The summed E-state index contributed by atoms with van der Waals surface area (Å²) in [5.74, 6) is 0.504. The van der Waals surface area contributed by atoms with E-state index >= 15 is 0 Å². The number of rotatable bonds is 8. The molecule has 1 aliphatic rings. The van der Waals surface area contributed by atoms with Crippen molar-refractivity contribution < 1.29 is 34.0 Å². The number of aliphatic hydroxyl groups excluding tert-OH is 2. The normalized spacial score (nSPS) is 28.4. The van der Waals surface area contributed by atoms with Crippen LogP contribution in [0.1, 0.15) is 46.8 Å². The van der Waals surface area contributed by atoms with Crippen LogP contribution < -0.4 is 5.32 Å². The summed E-state index contributed by atoms with van der Waals surface area (Å²) < 4.78 is 25.4. The third-order valence-electron chi connectivity index (χ3n) is 5.55. The van der Waals surface area contributed by atoms with Crippen molar-refractivity contribution >= 4 is 24.6 Å². The largest absolute Gasteiger partial charge is 0.388 e. The Balaban J connectivity index is 1.81. The molecule has 3 rings (SSSR count). The molecular formula is C18H30N5O7P. The number of hydrogen-bond acceptors (Lipinski definition) is 10. The van der Waals surface area contributed by atoms with Gasteiger partial charge in [-0.1, -0.05) is 6.92 Å². The molecule has 0 radical (unpaired) electrons. The molecule has 0 aliphatic carbocycles. The maximum atomic E-state index is 12.6. The lowest BCUT2D eigenvalue weighted by molar-refractivity contribution is -0.0636. The third kappa shape index (κ3) is 4.47. The maximum Gasteiger partial charge on any atom is 0.359 e. The van der Waals surface area contributed by atoms with Crippen molar-refractivity contribution in [2.45, 2.75) is 76.0 Å². The zero-order chi connectivity index (χ0) is 23.2. The fourth-order valence-corrected chi connectivity index (χ4v) is 4.84. The molecule has 3 heterocycles. The van der Waals surface area contributed by atoms with Crippen molar-refractivity contribution in [1.82, 2.24) is 19.5 Å². The van der Waals surface area contributed by atoms with Gasteiger partial charge in [0, 0.05) is 13.5 Å². The topological polar surface area (TPSA) is 172 Å². The second-order valence-electron chi connectivity index (χ2n) is 8.49. The first kappa shape index (κ1) is 24.0. The minimum absolute atomic E-state index is 0.0182. The predicted molar refractivity (Wildman–Crippen MR) is 111 cm³/mol. The van der Waals surface area contributed by atoms with Gasteiger partial charge in [0.2, 0.25) is 0 Å². The quantitative estimate of drug-likeness (QED) is 0.356. The number of hydrogen-bond donors (Lipinski definition) is 5. The van der Waals surface area contributed by atoms with Crippen molar-refractivity contribution in [2.24, 2.45) is 0 Å². The Morgan fingerprint density at radius 2 is 1.94 bits per heavy atom. The average Bonchev–Trinajstić information content (AvgIpc) is 3.23. The molecule has 0 spiro atoms. The van der Waals surface area contributed by atoms with E-state index in [9.17, 15) is 24.8 Å². The summed E-state index contributed by atoms with van der Waals surface area (Å²) in [6.07, 6.45) is -1.71. The van der Waals surface area contributed by atoms with Gasteiger partial charge in [-0.25, -0.2) is 15.0 Å². The fourth-order valence-electron chi connectivity index (χ4n) is 3.50. The molecular weight excluding hydrogens is 429 g/mol. The lowest BCUT2D eigenvalue weighted by atomic mass is 9.97. The second kappa shape index (κ2) is 8.36. The van der Waals surface area contributed by atoms with E-state index in [1.165, 1.54) is 24.1 Å². The second-order valence-corrected chi connectivity index (χ2v) is 10.7. The Bertz CT molecular complexity index is 981. The molecule has 1 fully saturated rings. The first-order valence-corrected chi connectivity index (χ1v) is 11.5. The molecule has 2 unspecified atom stereocenters. The van der Waals surface area contributed by atoms with E-state index in [0.29, 0.717) is 17.0 Å². The number of nitrogens with zero attached hydrogens (tertiary/aromatic N) is 4. The molecule has 6 atom stereocenters. The highest BCUT2D eigenvalue weighted by Crippen LogP contribution is 2.58. The van der Waals surface area contributed by atoms with Gasteiger partial charge in [-0.15, -0.1) is 0 Å². The number of anilines is 1. The van der Waals surface area contributed by atoms with Crippen LogP contribution in [0, 0.1) is 0 Å². The zero-order valence-corrected chi connectivity index (χ0v) is 19.0. The molecule has 2 aromatic heterocycles. The highest BCUT2D eigenvalue weighted by Gasteiger charge is 2.50. The van der Waals surface area contributed by atoms with E-state index in [4.69, 9.17) is 9.26 Å².